The Balaban J connectivity index is 3.56. The summed E-state index contributed by atoms with van der Waals surface area (Å²) in [6.45, 7) is 0. The van der Waals surface area contributed by atoms with Crippen molar-refractivity contribution in [2.45, 2.75) is 41.0 Å². The maximum atomic E-state index is 13.7. The number of rotatable bonds is 3. The molecule has 15 heteroatoms. The lowest BCUT2D eigenvalue weighted by Crippen LogP contribution is -2.78. The van der Waals surface area contributed by atoms with Crippen LogP contribution in [0.5, 0.6) is 0 Å². The summed E-state index contributed by atoms with van der Waals surface area (Å²) in [6.07, 6.45) is -10.5. The average Bonchev–Trinajstić information content (AvgIpc) is 2.31. The van der Waals surface area contributed by atoms with Crippen LogP contribution in [0, 0.1) is 0 Å². The zero-order valence-corrected chi connectivity index (χ0v) is 10.4. The molecule has 1 N–H and O–H groups in total. The molecule has 0 aromatic rings. The van der Waals surface area contributed by atoms with E-state index in [2.05, 4.69) is 9.37 Å². The lowest BCUT2D eigenvalue weighted by Gasteiger charge is -2.50. The first-order valence-electron chi connectivity index (χ1n) is 4.76. The van der Waals surface area contributed by atoms with Gasteiger partial charge >= 0.3 is 28.9 Å². The van der Waals surface area contributed by atoms with Gasteiger partial charge in [-0.05, 0) is 0 Å². The lowest BCUT2D eigenvalue weighted by molar-refractivity contribution is -0.441. The second-order valence-electron chi connectivity index (χ2n) is 4.15. The fraction of sp³-hybridized carbons (Fsp3) is 1.00. The highest BCUT2D eigenvalue weighted by molar-refractivity contribution is 7.96. The van der Waals surface area contributed by atoms with Gasteiger partial charge in [0.2, 0.25) is 0 Å². The van der Waals surface area contributed by atoms with Crippen LogP contribution in [0.15, 0.2) is 0 Å². The lowest BCUT2D eigenvalue weighted by atomic mass is 9.75. The Morgan fingerprint density at radius 1 is 0.864 bits per heavy atom. The molecular formula is C7H3F11O3S. The Morgan fingerprint density at radius 2 is 1.32 bits per heavy atom. The van der Waals surface area contributed by atoms with Crippen LogP contribution in [-0.4, -0.2) is 39.9 Å². The summed E-state index contributed by atoms with van der Waals surface area (Å²) in [5.74, 6) is -19.8. The van der Waals surface area contributed by atoms with Gasteiger partial charge in [-0.3, -0.25) is 0 Å². The van der Waals surface area contributed by atoms with E-state index in [1.165, 1.54) is 0 Å². The highest BCUT2D eigenvalue weighted by atomic mass is 32.2. The molecule has 0 spiro atoms. The highest BCUT2D eigenvalue weighted by Gasteiger charge is 2.95. The smallest absolute Gasteiger partial charge is 0.226 e. The van der Waals surface area contributed by atoms with Gasteiger partial charge in [-0.15, -0.1) is 4.33 Å². The van der Waals surface area contributed by atoms with Crippen LogP contribution in [0.25, 0.3) is 0 Å². The van der Waals surface area contributed by atoms with Gasteiger partial charge in [-0.1, -0.05) is 5.04 Å². The van der Waals surface area contributed by atoms with E-state index in [0.717, 1.165) is 0 Å². The van der Waals surface area contributed by atoms with Gasteiger partial charge in [0.25, 0.3) is 5.67 Å². The summed E-state index contributed by atoms with van der Waals surface area (Å²) in [4.78, 5) is 0. The van der Waals surface area contributed by atoms with Crippen LogP contribution in [0.3, 0.4) is 0 Å². The van der Waals surface area contributed by atoms with Crippen molar-refractivity contribution < 1.29 is 62.9 Å². The molecule has 2 unspecified atom stereocenters. The molecule has 0 bridgehead atoms. The van der Waals surface area contributed by atoms with E-state index in [0.29, 0.717) is 0 Å². The molecule has 0 aromatic heterocycles. The fourth-order valence-electron chi connectivity index (χ4n) is 1.66. The van der Waals surface area contributed by atoms with Crippen molar-refractivity contribution in [3.05, 3.63) is 0 Å². The molecule has 0 heterocycles. The zero-order valence-electron chi connectivity index (χ0n) is 9.54. The minimum Gasteiger partial charge on any atom is -0.226 e. The van der Waals surface area contributed by atoms with Crippen molar-refractivity contribution in [2.24, 2.45) is 0 Å². The van der Waals surface area contributed by atoms with E-state index < -0.39 is 53.1 Å². The van der Waals surface area contributed by atoms with E-state index in [1.54, 1.807) is 0 Å². The number of alkyl halides is 11. The molecule has 0 saturated heterocycles. The Kier molecular flexibility index (Phi) is 4.41. The van der Waals surface area contributed by atoms with Gasteiger partial charge in [0, 0.05) is 0 Å². The van der Waals surface area contributed by atoms with Gasteiger partial charge in [0.05, 0.1) is 18.5 Å². The van der Waals surface area contributed by atoms with Crippen LogP contribution >= 0.6 is 12.0 Å². The SMILES string of the molecule is OOOSC1(F)C(F)(F)CC(F)(C(F)(F)F)C(F)(F)C1(F)F. The Hall–Kier alpha value is -0.540. The topological polar surface area (TPSA) is 38.7 Å². The first-order chi connectivity index (χ1) is 9.52. The molecule has 3 nitrogen and oxygen atoms in total. The number of halogens is 11. The van der Waals surface area contributed by atoms with Crippen molar-refractivity contribution in [3.8, 4) is 0 Å². The molecule has 0 radical (unpaired) electrons. The van der Waals surface area contributed by atoms with Crippen molar-refractivity contribution in [2.75, 3.05) is 0 Å². The largest absolute Gasteiger partial charge is 0.429 e. The second kappa shape index (κ2) is 4.98. The molecule has 1 saturated carbocycles. The summed E-state index contributed by atoms with van der Waals surface area (Å²) in [5.41, 5.74) is -6.41. The minimum absolute atomic E-state index is 1.93. The third kappa shape index (κ3) is 2.16. The average molecular weight is 376 g/mol. The number of hydrogen-bond donors (Lipinski definition) is 1. The Morgan fingerprint density at radius 3 is 1.68 bits per heavy atom. The Bertz CT molecular complexity index is 440. The first-order valence-corrected chi connectivity index (χ1v) is 5.50. The summed E-state index contributed by atoms with van der Waals surface area (Å²) in [7, 11) is 0. The summed E-state index contributed by atoms with van der Waals surface area (Å²) >= 11 is -1.93. The van der Waals surface area contributed by atoms with Crippen molar-refractivity contribution in [1.82, 2.24) is 0 Å². The van der Waals surface area contributed by atoms with E-state index in [9.17, 15) is 48.3 Å². The third-order valence-electron chi connectivity index (χ3n) is 2.86. The molecule has 1 rings (SSSR count). The van der Waals surface area contributed by atoms with Crippen molar-refractivity contribution in [1.29, 1.82) is 0 Å². The molecule has 0 aromatic carbocycles. The molecule has 1 aliphatic carbocycles. The van der Waals surface area contributed by atoms with Gasteiger partial charge in [-0.2, -0.15) is 30.7 Å². The molecule has 132 valence electrons. The van der Waals surface area contributed by atoms with Crippen LogP contribution in [-0.2, 0) is 9.37 Å². The monoisotopic (exact) mass is 376 g/mol. The molecule has 0 aliphatic heterocycles. The minimum atomic E-state index is -6.92. The molecule has 2 atom stereocenters. The zero-order chi connectivity index (χ0) is 17.8. The van der Waals surface area contributed by atoms with E-state index in [-0.39, 0.29) is 0 Å². The predicted octanol–water partition coefficient (Wildman–Crippen LogP) is 4.30. The van der Waals surface area contributed by atoms with Crippen LogP contribution < -0.4 is 0 Å². The van der Waals surface area contributed by atoms with E-state index in [4.69, 9.17) is 5.26 Å². The van der Waals surface area contributed by atoms with Crippen molar-refractivity contribution in [3.63, 3.8) is 0 Å². The van der Waals surface area contributed by atoms with Crippen LogP contribution in [0.4, 0.5) is 48.3 Å². The van der Waals surface area contributed by atoms with E-state index >= 15 is 0 Å². The summed E-state index contributed by atoms with van der Waals surface area (Å²) < 4.78 is 146. The normalized spacial score (nSPS) is 37.1. The second-order valence-corrected chi connectivity index (χ2v) is 5.02. The van der Waals surface area contributed by atoms with Gasteiger partial charge < -0.3 is 0 Å². The summed E-state index contributed by atoms with van der Waals surface area (Å²) in [6, 6.07) is 0. The van der Waals surface area contributed by atoms with Crippen LogP contribution in [0.1, 0.15) is 6.42 Å². The molecule has 1 aliphatic rings. The van der Waals surface area contributed by atoms with Gasteiger partial charge in [0.1, 0.15) is 0 Å². The van der Waals surface area contributed by atoms with E-state index in [1.807, 2.05) is 0 Å². The molecular weight excluding hydrogens is 373 g/mol. The molecule has 1 fully saturated rings. The Labute approximate surface area is 117 Å². The predicted molar refractivity (Wildman–Crippen MR) is 45.6 cm³/mol. The van der Waals surface area contributed by atoms with Crippen molar-refractivity contribution >= 4 is 12.0 Å². The van der Waals surface area contributed by atoms with Gasteiger partial charge in [0.15, 0.2) is 0 Å². The summed E-state index contributed by atoms with van der Waals surface area (Å²) in [5, 5.41) is 4.18. The maximum absolute atomic E-state index is 13.7. The number of hydrogen-bond acceptors (Lipinski definition) is 4. The quantitative estimate of drug-likeness (QED) is 0.345. The standard InChI is InChI=1S/C7H3F11O3S/c8-2(7(16,17)18)1-3(9,10)6(15,22-21-20-19)5(13,14)4(2,11)12/h19H,1H2. The first kappa shape index (κ1) is 19.5. The molecule has 22 heavy (non-hydrogen) atoms. The fourth-order valence-corrected chi connectivity index (χ4v) is 2.22. The third-order valence-corrected chi connectivity index (χ3v) is 3.77. The maximum Gasteiger partial charge on any atom is 0.429 e. The highest BCUT2D eigenvalue weighted by Crippen LogP contribution is 2.69. The molecule has 0 amide bonds. The van der Waals surface area contributed by atoms with Gasteiger partial charge in [-0.25, -0.2) is 22.8 Å². The van der Waals surface area contributed by atoms with Crippen LogP contribution in [0.2, 0.25) is 0 Å².